The van der Waals surface area contributed by atoms with Crippen LogP contribution in [0.3, 0.4) is 0 Å². The summed E-state index contributed by atoms with van der Waals surface area (Å²) < 4.78 is 19.0. The molecule has 3 N–H and O–H groups in total. The van der Waals surface area contributed by atoms with Gasteiger partial charge in [0.15, 0.2) is 17.7 Å². The highest BCUT2D eigenvalue weighted by atomic mass is 19.1. The molecule has 0 unspecified atom stereocenters. The number of para-hydroxylation sites is 1. The first-order valence-corrected chi connectivity index (χ1v) is 7.13. The monoisotopic (exact) mass is 316 g/mol. The van der Waals surface area contributed by atoms with Crippen molar-refractivity contribution in [1.82, 2.24) is 0 Å². The fraction of sp³-hybridized carbons (Fsp3) is 0.176. The Hall–Kier alpha value is -2.89. The molecule has 2 rings (SSSR count). The van der Waals surface area contributed by atoms with Gasteiger partial charge in [-0.2, -0.15) is 0 Å². The predicted molar refractivity (Wildman–Crippen MR) is 84.7 cm³/mol. The fourth-order valence-corrected chi connectivity index (χ4v) is 1.96. The van der Waals surface area contributed by atoms with Crippen LogP contribution in [0.4, 0.5) is 10.1 Å². The second-order valence-electron chi connectivity index (χ2n) is 4.88. The average Bonchev–Trinajstić information content (AvgIpc) is 2.54. The minimum atomic E-state index is -0.831. The van der Waals surface area contributed by atoms with Crippen molar-refractivity contribution in [1.29, 1.82) is 0 Å². The fourth-order valence-electron chi connectivity index (χ4n) is 1.96. The third kappa shape index (κ3) is 4.29. The van der Waals surface area contributed by atoms with Crippen LogP contribution < -0.4 is 15.8 Å². The number of nitrogens with one attached hydrogen (secondary N) is 1. The summed E-state index contributed by atoms with van der Waals surface area (Å²) >= 11 is 0. The van der Waals surface area contributed by atoms with E-state index in [2.05, 4.69) is 5.32 Å². The molecule has 120 valence electrons. The van der Waals surface area contributed by atoms with E-state index in [9.17, 15) is 14.0 Å². The number of rotatable bonds is 6. The number of carbonyl (C=O) groups is 2. The van der Waals surface area contributed by atoms with Crippen LogP contribution in [0.15, 0.2) is 48.5 Å². The van der Waals surface area contributed by atoms with Crippen molar-refractivity contribution in [3.63, 3.8) is 0 Å². The van der Waals surface area contributed by atoms with E-state index in [0.717, 1.165) is 0 Å². The number of anilines is 1. The quantitative estimate of drug-likeness (QED) is 0.859. The van der Waals surface area contributed by atoms with E-state index < -0.39 is 23.7 Å². The summed E-state index contributed by atoms with van der Waals surface area (Å²) in [7, 11) is 0. The number of primary amides is 1. The van der Waals surface area contributed by atoms with E-state index in [1.54, 1.807) is 31.2 Å². The molecule has 0 aliphatic rings. The lowest BCUT2D eigenvalue weighted by atomic mass is 10.2. The van der Waals surface area contributed by atoms with Crippen LogP contribution in [0.5, 0.6) is 5.75 Å². The summed E-state index contributed by atoms with van der Waals surface area (Å²) in [6.07, 6.45) is -0.456. The van der Waals surface area contributed by atoms with Gasteiger partial charge in [-0.1, -0.05) is 19.1 Å². The third-order valence-electron chi connectivity index (χ3n) is 3.21. The average molecular weight is 316 g/mol. The SMILES string of the molecule is CC[C@H](Oc1ccccc1F)C(=O)Nc1ccc(C(N)=O)cc1. The lowest BCUT2D eigenvalue weighted by molar-refractivity contribution is -0.122. The Morgan fingerprint density at radius 2 is 1.83 bits per heavy atom. The Kier molecular flexibility index (Phi) is 5.30. The highest BCUT2D eigenvalue weighted by Gasteiger charge is 2.20. The summed E-state index contributed by atoms with van der Waals surface area (Å²) in [5.41, 5.74) is 5.99. The number of halogens is 1. The number of ether oxygens (including phenoxy) is 1. The Morgan fingerprint density at radius 3 is 2.39 bits per heavy atom. The van der Waals surface area contributed by atoms with Gasteiger partial charge in [-0.15, -0.1) is 0 Å². The van der Waals surface area contributed by atoms with Gasteiger partial charge in [0.25, 0.3) is 5.91 Å². The largest absolute Gasteiger partial charge is 0.478 e. The van der Waals surface area contributed by atoms with E-state index >= 15 is 0 Å². The molecule has 0 aliphatic heterocycles. The topological polar surface area (TPSA) is 81.4 Å². The highest BCUT2D eigenvalue weighted by Crippen LogP contribution is 2.19. The Labute approximate surface area is 133 Å². The Bertz CT molecular complexity index is 701. The van der Waals surface area contributed by atoms with Crippen molar-refractivity contribution in [2.45, 2.75) is 19.4 Å². The zero-order valence-electron chi connectivity index (χ0n) is 12.6. The molecule has 6 heteroatoms. The summed E-state index contributed by atoms with van der Waals surface area (Å²) in [5, 5.41) is 2.66. The molecule has 23 heavy (non-hydrogen) atoms. The maximum Gasteiger partial charge on any atom is 0.265 e. The van der Waals surface area contributed by atoms with Crippen LogP contribution in [0, 0.1) is 5.82 Å². The van der Waals surface area contributed by atoms with Crippen LogP contribution in [-0.2, 0) is 4.79 Å². The Morgan fingerprint density at radius 1 is 1.17 bits per heavy atom. The molecule has 0 spiro atoms. The zero-order chi connectivity index (χ0) is 16.8. The molecule has 0 radical (unpaired) electrons. The van der Waals surface area contributed by atoms with Gasteiger partial charge >= 0.3 is 0 Å². The summed E-state index contributed by atoms with van der Waals surface area (Å²) in [5.74, 6) is -1.44. The molecule has 2 aromatic rings. The van der Waals surface area contributed by atoms with Crippen molar-refractivity contribution in [2.75, 3.05) is 5.32 Å². The Balaban J connectivity index is 2.05. The maximum absolute atomic E-state index is 13.6. The van der Waals surface area contributed by atoms with E-state index in [0.29, 0.717) is 17.7 Å². The molecule has 0 aromatic heterocycles. The first kappa shape index (κ1) is 16.5. The van der Waals surface area contributed by atoms with E-state index in [-0.39, 0.29) is 5.75 Å². The van der Waals surface area contributed by atoms with Crippen molar-refractivity contribution >= 4 is 17.5 Å². The van der Waals surface area contributed by atoms with Gasteiger partial charge in [-0.25, -0.2) is 4.39 Å². The summed E-state index contributed by atoms with van der Waals surface area (Å²) in [6, 6.07) is 12.1. The van der Waals surface area contributed by atoms with Gasteiger partial charge in [0, 0.05) is 11.3 Å². The van der Waals surface area contributed by atoms with Crippen molar-refractivity contribution in [2.24, 2.45) is 5.73 Å². The number of amides is 2. The zero-order valence-corrected chi connectivity index (χ0v) is 12.6. The van der Waals surface area contributed by atoms with E-state index in [1.165, 1.54) is 24.3 Å². The van der Waals surface area contributed by atoms with E-state index in [1.807, 2.05) is 0 Å². The van der Waals surface area contributed by atoms with E-state index in [4.69, 9.17) is 10.5 Å². The second kappa shape index (κ2) is 7.40. The molecule has 0 aliphatic carbocycles. The molecular formula is C17H17FN2O3. The standard InChI is InChI=1S/C17H17FN2O3/c1-2-14(23-15-6-4-3-5-13(15)18)17(22)20-12-9-7-11(8-10-12)16(19)21/h3-10,14H,2H2,1H3,(H2,19,21)(H,20,22)/t14-/m0/s1. The predicted octanol–water partition coefficient (Wildman–Crippen LogP) is 2.72. The van der Waals surface area contributed by atoms with Gasteiger partial charge < -0.3 is 15.8 Å². The molecule has 2 aromatic carbocycles. The summed E-state index contributed by atoms with van der Waals surface area (Å²) in [6.45, 7) is 1.77. The molecule has 5 nitrogen and oxygen atoms in total. The number of nitrogens with two attached hydrogens (primary N) is 1. The molecule has 0 saturated carbocycles. The summed E-state index contributed by atoms with van der Waals surface area (Å²) in [4.78, 5) is 23.2. The number of hydrogen-bond acceptors (Lipinski definition) is 3. The molecule has 0 bridgehead atoms. The lowest BCUT2D eigenvalue weighted by Gasteiger charge is -2.17. The van der Waals surface area contributed by atoms with Crippen molar-refractivity contribution < 1.29 is 18.7 Å². The highest BCUT2D eigenvalue weighted by molar-refractivity contribution is 5.96. The molecule has 0 saturated heterocycles. The number of carbonyl (C=O) groups excluding carboxylic acids is 2. The molecule has 2 amide bonds. The normalized spacial score (nSPS) is 11.6. The van der Waals surface area contributed by atoms with Crippen LogP contribution in [0.2, 0.25) is 0 Å². The molecule has 0 heterocycles. The van der Waals surface area contributed by atoms with Crippen LogP contribution >= 0.6 is 0 Å². The first-order valence-electron chi connectivity index (χ1n) is 7.13. The smallest absolute Gasteiger partial charge is 0.265 e. The van der Waals surface area contributed by atoms with Crippen molar-refractivity contribution in [3.8, 4) is 5.75 Å². The van der Waals surface area contributed by atoms with Gasteiger partial charge in [0.2, 0.25) is 5.91 Å². The van der Waals surface area contributed by atoms with Gasteiger partial charge in [0.1, 0.15) is 0 Å². The van der Waals surface area contributed by atoms with Gasteiger partial charge in [-0.3, -0.25) is 9.59 Å². The lowest BCUT2D eigenvalue weighted by Crippen LogP contribution is -2.32. The number of benzene rings is 2. The maximum atomic E-state index is 13.6. The van der Waals surface area contributed by atoms with Gasteiger partial charge in [-0.05, 0) is 42.8 Å². The first-order chi connectivity index (χ1) is 11.0. The molecule has 0 fully saturated rings. The van der Waals surface area contributed by atoms with Crippen LogP contribution in [0.1, 0.15) is 23.7 Å². The van der Waals surface area contributed by atoms with Crippen LogP contribution in [0.25, 0.3) is 0 Å². The molecular weight excluding hydrogens is 299 g/mol. The van der Waals surface area contributed by atoms with Gasteiger partial charge in [0.05, 0.1) is 0 Å². The minimum absolute atomic E-state index is 0.0265. The third-order valence-corrected chi connectivity index (χ3v) is 3.21. The van der Waals surface area contributed by atoms with Crippen molar-refractivity contribution in [3.05, 3.63) is 59.9 Å². The second-order valence-corrected chi connectivity index (χ2v) is 4.88. The van der Waals surface area contributed by atoms with Crippen LogP contribution in [-0.4, -0.2) is 17.9 Å². The molecule has 1 atom stereocenters. The minimum Gasteiger partial charge on any atom is -0.478 e. The number of hydrogen-bond donors (Lipinski definition) is 2.